The molecule has 1 saturated heterocycles. The Bertz CT molecular complexity index is 700. The number of hydrogen-bond donors (Lipinski definition) is 1. The predicted octanol–water partition coefficient (Wildman–Crippen LogP) is 2.02. The minimum Gasteiger partial charge on any atom is -0.338 e. The number of hydrogen-bond acceptors (Lipinski definition) is 3. The fourth-order valence-corrected chi connectivity index (χ4v) is 3.60. The maximum atomic E-state index is 12.5. The van der Waals surface area contributed by atoms with E-state index < -0.39 is 15.3 Å². The van der Waals surface area contributed by atoms with Gasteiger partial charge >= 0.3 is 0 Å². The summed E-state index contributed by atoms with van der Waals surface area (Å²) in [5, 5.41) is 5.08. The van der Waals surface area contributed by atoms with Crippen molar-refractivity contribution >= 4 is 33.6 Å². The Morgan fingerprint density at radius 3 is 2.73 bits per heavy atom. The van der Waals surface area contributed by atoms with Crippen LogP contribution in [0.15, 0.2) is 29.8 Å². The topological polar surface area (TPSA) is 80.5 Å². The van der Waals surface area contributed by atoms with Gasteiger partial charge in [-0.15, -0.1) is 0 Å². The molecule has 22 heavy (non-hydrogen) atoms. The molecule has 1 aromatic rings. The van der Waals surface area contributed by atoms with Crippen molar-refractivity contribution in [2.75, 3.05) is 13.1 Å². The van der Waals surface area contributed by atoms with Crippen molar-refractivity contribution in [2.24, 2.45) is 5.14 Å². The van der Waals surface area contributed by atoms with Crippen LogP contribution in [-0.2, 0) is 14.8 Å². The van der Waals surface area contributed by atoms with E-state index in [0.29, 0.717) is 30.0 Å². The van der Waals surface area contributed by atoms with Gasteiger partial charge in [-0.05, 0) is 37.5 Å². The smallest absolute Gasteiger partial charge is 0.249 e. The molecule has 1 atom stereocenters. The normalized spacial score (nSPS) is 20.0. The van der Waals surface area contributed by atoms with E-state index in [1.54, 1.807) is 24.0 Å². The van der Waals surface area contributed by atoms with Crippen LogP contribution >= 0.6 is 11.6 Å². The van der Waals surface area contributed by atoms with E-state index in [-0.39, 0.29) is 12.5 Å². The molecule has 1 fully saturated rings. The van der Waals surface area contributed by atoms with E-state index in [2.05, 4.69) is 0 Å². The molecule has 2 rings (SSSR count). The lowest BCUT2D eigenvalue weighted by Gasteiger charge is -2.31. The molecule has 0 aliphatic carbocycles. The van der Waals surface area contributed by atoms with E-state index in [9.17, 15) is 13.2 Å². The van der Waals surface area contributed by atoms with Gasteiger partial charge in [-0.2, -0.15) is 0 Å². The molecular formula is C15H19ClN2O3S. The monoisotopic (exact) mass is 342 g/mol. The van der Waals surface area contributed by atoms with Gasteiger partial charge in [0.1, 0.15) is 0 Å². The van der Waals surface area contributed by atoms with Crippen LogP contribution in [0.25, 0.3) is 6.08 Å². The van der Waals surface area contributed by atoms with Crippen LogP contribution in [0, 0.1) is 0 Å². The molecular weight excluding hydrogens is 324 g/mol. The molecule has 5 nitrogen and oxygen atoms in total. The third kappa shape index (κ3) is 4.09. The molecule has 1 amide bonds. The van der Waals surface area contributed by atoms with Gasteiger partial charge in [0.25, 0.3) is 0 Å². The van der Waals surface area contributed by atoms with Crippen LogP contribution in [0.5, 0.6) is 0 Å². The Morgan fingerprint density at radius 1 is 1.41 bits per heavy atom. The number of benzene rings is 1. The van der Waals surface area contributed by atoms with Gasteiger partial charge in [-0.25, -0.2) is 13.6 Å². The number of carbonyl (C=O) groups excluding carboxylic acids is 1. The highest BCUT2D eigenvalue weighted by molar-refractivity contribution is 7.89. The van der Waals surface area contributed by atoms with Crippen molar-refractivity contribution in [1.82, 2.24) is 4.90 Å². The second-order valence-electron chi connectivity index (χ2n) is 5.45. The summed E-state index contributed by atoms with van der Waals surface area (Å²) in [5.74, 6) is -0.187. The highest BCUT2D eigenvalue weighted by atomic mass is 35.5. The second kappa shape index (κ2) is 6.81. The Hall–Kier alpha value is -1.37. The zero-order chi connectivity index (χ0) is 16.3. The SMILES string of the molecule is C/C(=C/c1ccccc1Cl)C(=O)N1CCC[C@H](S(N)(=O)=O)C1. The summed E-state index contributed by atoms with van der Waals surface area (Å²) in [6.45, 7) is 2.39. The quantitative estimate of drug-likeness (QED) is 0.853. The third-order valence-corrected chi connectivity index (χ3v) is 5.40. The summed E-state index contributed by atoms with van der Waals surface area (Å²) in [5.41, 5.74) is 1.28. The van der Waals surface area contributed by atoms with Gasteiger partial charge in [0.2, 0.25) is 15.9 Å². The van der Waals surface area contributed by atoms with Gasteiger partial charge in [0.15, 0.2) is 0 Å². The molecule has 0 unspecified atom stereocenters. The molecule has 120 valence electrons. The highest BCUT2D eigenvalue weighted by Crippen LogP contribution is 2.21. The molecule has 1 aromatic carbocycles. The van der Waals surface area contributed by atoms with E-state index in [0.717, 1.165) is 5.56 Å². The number of amides is 1. The lowest BCUT2D eigenvalue weighted by molar-refractivity contribution is -0.127. The van der Waals surface area contributed by atoms with E-state index in [1.807, 2.05) is 18.2 Å². The Labute approximate surface area is 135 Å². The van der Waals surface area contributed by atoms with E-state index in [4.69, 9.17) is 16.7 Å². The fraction of sp³-hybridized carbons (Fsp3) is 0.400. The van der Waals surface area contributed by atoms with Crippen LogP contribution in [0.2, 0.25) is 5.02 Å². The number of nitrogens with zero attached hydrogens (tertiary/aromatic N) is 1. The maximum Gasteiger partial charge on any atom is 0.249 e. The molecule has 1 aliphatic rings. The summed E-state index contributed by atoms with van der Waals surface area (Å²) in [4.78, 5) is 14.0. The molecule has 0 bridgehead atoms. The third-order valence-electron chi connectivity index (χ3n) is 3.74. The number of nitrogens with two attached hydrogens (primary N) is 1. The zero-order valence-corrected chi connectivity index (χ0v) is 13.9. The van der Waals surface area contributed by atoms with Crippen LogP contribution in [0.3, 0.4) is 0 Å². The number of piperidine rings is 1. The molecule has 2 N–H and O–H groups in total. The Kier molecular flexibility index (Phi) is 5.26. The fourth-order valence-electron chi connectivity index (χ4n) is 2.53. The molecule has 1 aliphatic heterocycles. The Morgan fingerprint density at radius 2 is 2.09 bits per heavy atom. The second-order valence-corrected chi connectivity index (χ2v) is 7.71. The van der Waals surface area contributed by atoms with Crippen LogP contribution < -0.4 is 5.14 Å². The Balaban J connectivity index is 2.15. The zero-order valence-electron chi connectivity index (χ0n) is 12.3. The van der Waals surface area contributed by atoms with Crippen LogP contribution in [-0.4, -0.2) is 37.6 Å². The standard InChI is InChI=1S/C15H19ClN2O3S/c1-11(9-12-5-2-3-7-14(12)16)15(19)18-8-4-6-13(10-18)22(17,20)21/h2-3,5,7,9,13H,4,6,8,10H2,1H3,(H2,17,20,21)/b11-9-/t13-/m0/s1. The predicted molar refractivity (Wildman–Crippen MR) is 87.8 cm³/mol. The first-order chi connectivity index (χ1) is 10.3. The minimum atomic E-state index is -3.62. The summed E-state index contributed by atoms with van der Waals surface area (Å²) in [6.07, 6.45) is 2.84. The van der Waals surface area contributed by atoms with Crippen LogP contribution in [0.4, 0.5) is 0 Å². The first-order valence-electron chi connectivity index (χ1n) is 7.03. The largest absolute Gasteiger partial charge is 0.338 e. The van der Waals surface area contributed by atoms with Gasteiger partial charge < -0.3 is 4.90 Å². The van der Waals surface area contributed by atoms with Crippen molar-refractivity contribution in [2.45, 2.75) is 25.0 Å². The van der Waals surface area contributed by atoms with Gasteiger partial charge in [-0.1, -0.05) is 29.8 Å². The van der Waals surface area contributed by atoms with Gasteiger partial charge in [-0.3, -0.25) is 4.79 Å². The molecule has 0 radical (unpaired) electrons. The van der Waals surface area contributed by atoms with E-state index >= 15 is 0 Å². The summed E-state index contributed by atoms with van der Waals surface area (Å²) in [7, 11) is -3.62. The number of likely N-dealkylation sites (tertiary alicyclic amines) is 1. The van der Waals surface area contributed by atoms with Crippen molar-refractivity contribution in [3.63, 3.8) is 0 Å². The van der Waals surface area contributed by atoms with Crippen molar-refractivity contribution in [3.05, 3.63) is 40.4 Å². The minimum absolute atomic E-state index is 0.144. The molecule has 1 heterocycles. The van der Waals surface area contributed by atoms with Crippen molar-refractivity contribution < 1.29 is 13.2 Å². The maximum absolute atomic E-state index is 12.5. The first-order valence-corrected chi connectivity index (χ1v) is 9.01. The molecule has 0 aromatic heterocycles. The lowest BCUT2D eigenvalue weighted by atomic mass is 10.1. The van der Waals surface area contributed by atoms with Crippen LogP contribution in [0.1, 0.15) is 25.3 Å². The van der Waals surface area contributed by atoms with Crippen molar-refractivity contribution in [1.29, 1.82) is 0 Å². The number of carbonyl (C=O) groups is 1. The summed E-state index contributed by atoms with van der Waals surface area (Å²) in [6, 6.07) is 7.23. The van der Waals surface area contributed by atoms with Crippen molar-refractivity contribution in [3.8, 4) is 0 Å². The average molecular weight is 343 g/mol. The lowest BCUT2D eigenvalue weighted by Crippen LogP contribution is -2.47. The van der Waals surface area contributed by atoms with E-state index in [1.165, 1.54) is 0 Å². The number of halogens is 1. The molecule has 0 spiro atoms. The molecule has 0 saturated carbocycles. The highest BCUT2D eigenvalue weighted by Gasteiger charge is 2.30. The number of primary sulfonamides is 1. The molecule has 7 heteroatoms. The average Bonchev–Trinajstić information content (AvgIpc) is 2.48. The number of rotatable bonds is 3. The first kappa shape index (κ1) is 17.0. The van der Waals surface area contributed by atoms with Gasteiger partial charge in [0.05, 0.1) is 5.25 Å². The number of sulfonamides is 1. The van der Waals surface area contributed by atoms with Gasteiger partial charge in [0, 0.05) is 23.7 Å². The summed E-state index contributed by atoms with van der Waals surface area (Å²) >= 11 is 6.08. The summed E-state index contributed by atoms with van der Waals surface area (Å²) < 4.78 is 22.9.